The van der Waals surface area contributed by atoms with Crippen molar-refractivity contribution >= 4 is 0 Å². The zero-order chi connectivity index (χ0) is 14.7. The Morgan fingerprint density at radius 3 is 2.76 bits per heavy atom. The molecule has 1 spiro atoms. The van der Waals surface area contributed by atoms with E-state index >= 15 is 0 Å². The van der Waals surface area contributed by atoms with Crippen LogP contribution in [0, 0.1) is 5.92 Å². The summed E-state index contributed by atoms with van der Waals surface area (Å²) in [5.41, 5.74) is 0.177. The number of aryl methyl sites for hydroxylation is 1. The summed E-state index contributed by atoms with van der Waals surface area (Å²) in [4.78, 5) is 0. The van der Waals surface area contributed by atoms with E-state index in [0.717, 1.165) is 37.5 Å². The summed E-state index contributed by atoms with van der Waals surface area (Å²) in [7, 11) is 0. The first-order valence-corrected chi connectivity index (χ1v) is 8.72. The highest BCUT2D eigenvalue weighted by Crippen LogP contribution is 2.45. The highest BCUT2D eigenvalue weighted by atomic mass is 16.5. The van der Waals surface area contributed by atoms with Gasteiger partial charge in [-0.2, -0.15) is 0 Å². The van der Waals surface area contributed by atoms with Crippen LogP contribution < -0.4 is 5.32 Å². The van der Waals surface area contributed by atoms with Gasteiger partial charge in [0.15, 0.2) is 0 Å². The van der Waals surface area contributed by atoms with Crippen LogP contribution >= 0.6 is 0 Å². The Balaban J connectivity index is 1.76. The van der Waals surface area contributed by atoms with Gasteiger partial charge in [0.05, 0.1) is 11.6 Å². The van der Waals surface area contributed by atoms with Gasteiger partial charge in [-0.25, -0.2) is 0 Å². The van der Waals surface area contributed by atoms with E-state index in [1.165, 1.54) is 32.1 Å². The molecule has 0 bridgehead atoms. The molecule has 1 N–H and O–H groups in total. The molecule has 1 aliphatic carbocycles. The van der Waals surface area contributed by atoms with Crippen LogP contribution in [0.5, 0.6) is 0 Å². The van der Waals surface area contributed by atoms with E-state index in [0.29, 0.717) is 12.0 Å². The van der Waals surface area contributed by atoms with Crippen LogP contribution in [0.1, 0.15) is 69.9 Å². The second-order valence-electron chi connectivity index (χ2n) is 6.68. The molecule has 2 fully saturated rings. The van der Waals surface area contributed by atoms with E-state index < -0.39 is 0 Å². The summed E-state index contributed by atoms with van der Waals surface area (Å²) in [6, 6.07) is 4.64. The minimum atomic E-state index is 0.177. The van der Waals surface area contributed by atoms with Crippen LogP contribution in [0.15, 0.2) is 16.5 Å². The lowest BCUT2D eigenvalue weighted by Gasteiger charge is -2.41. The number of hydrogen-bond donors (Lipinski definition) is 1. The maximum Gasteiger partial charge on any atom is 0.121 e. The highest BCUT2D eigenvalue weighted by Gasteiger charge is 2.42. The molecule has 2 atom stereocenters. The summed E-state index contributed by atoms with van der Waals surface area (Å²) in [6.07, 6.45) is 8.46. The summed E-state index contributed by atoms with van der Waals surface area (Å²) < 4.78 is 12.2. The Labute approximate surface area is 128 Å². The average Bonchev–Trinajstić information content (AvgIpc) is 3.14. The van der Waals surface area contributed by atoms with Crippen molar-refractivity contribution in [3.8, 4) is 0 Å². The molecule has 1 saturated heterocycles. The summed E-state index contributed by atoms with van der Waals surface area (Å²) in [5.74, 6) is 2.84. The van der Waals surface area contributed by atoms with Crippen molar-refractivity contribution in [3.63, 3.8) is 0 Å². The van der Waals surface area contributed by atoms with E-state index in [4.69, 9.17) is 9.15 Å². The molecular formula is C18H29NO2. The van der Waals surface area contributed by atoms with Gasteiger partial charge in [-0.1, -0.05) is 26.7 Å². The molecule has 2 aliphatic rings. The van der Waals surface area contributed by atoms with Crippen molar-refractivity contribution in [2.75, 3.05) is 13.2 Å². The maximum absolute atomic E-state index is 6.19. The average molecular weight is 291 g/mol. The van der Waals surface area contributed by atoms with Gasteiger partial charge in [0, 0.05) is 13.0 Å². The number of nitrogens with one attached hydrogen (secondary N) is 1. The predicted molar refractivity (Wildman–Crippen MR) is 84.4 cm³/mol. The van der Waals surface area contributed by atoms with Gasteiger partial charge in [0.1, 0.15) is 11.5 Å². The van der Waals surface area contributed by atoms with Gasteiger partial charge in [0.25, 0.3) is 0 Å². The van der Waals surface area contributed by atoms with E-state index in [2.05, 4.69) is 31.3 Å². The van der Waals surface area contributed by atoms with Gasteiger partial charge in [-0.15, -0.1) is 0 Å². The third kappa shape index (κ3) is 3.19. The van der Waals surface area contributed by atoms with E-state index in [-0.39, 0.29) is 5.60 Å². The lowest BCUT2D eigenvalue weighted by Crippen LogP contribution is -2.41. The third-order valence-electron chi connectivity index (χ3n) is 5.28. The SMILES string of the molecule is CCNC(c1ccc(CC)o1)C1CCOC2(CCCC2)C1. The van der Waals surface area contributed by atoms with Crippen molar-refractivity contribution in [2.45, 2.75) is 70.4 Å². The van der Waals surface area contributed by atoms with Gasteiger partial charge >= 0.3 is 0 Å². The number of hydrogen-bond acceptors (Lipinski definition) is 3. The zero-order valence-corrected chi connectivity index (χ0v) is 13.5. The lowest BCUT2D eigenvalue weighted by atomic mass is 9.80. The van der Waals surface area contributed by atoms with Crippen LogP contribution in [0.3, 0.4) is 0 Å². The molecule has 0 aromatic carbocycles. The smallest absolute Gasteiger partial charge is 0.121 e. The minimum absolute atomic E-state index is 0.177. The molecule has 2 unspecified atom stereocenters. The second kappa shape index (κ2) is 6.53. The topological polar surface area (TPSA) is 34.4 Å². The molecule has 2 heterocycles. The Bertz CT molecular complexity index is 448. The second-order valence-corrected chi connectivity index (χ2v) is 6.68. The molecule has 3 heteroatoms. The molecule has 1 aromatic heterocycles. The molecule has 1 saturated carbocycles. The van der Waals surface area contributed by atoms with Crippen molar-refractivity contribution in [1.82, 2.24) is 5.32 Å². The first-order chi connectivity index (χ1) is 10.3. The zero-order valence-electron chi connectivity index (χ0n) is 13.5. The van der Waals surface area contributed by atoms with Gasteiger partial charge in [-0.3, -0.25) is 0 Å². The van der Waals surface area contributed by atoms with Gasteiger partial charge in [0.2, 0.25) is 0 Å². The van der Waals surface area contributed by atoms with Gasteiger partial charge < -0.3 is 14.5 Å². The minimum Gasteiger partial charge on any atom is -0.464 e. The molecule has 0 amide bonds. The van der Waals surface area contributed by atoms with Crippen molar-refractivity contribution < 1.29 is 9.15 Å². The fraction of sp³-hybridized carbons (Fsp3) is 0.778. The Hall–Kier alpha value is -0.800. The van der Waals surface area contributed by atoms with Crippen LogP contribution in [-0.4, -0.2) is 18.8 Å². The standard InChI is InChI=1S/C18H29NO2/c1-3-15-7-8-16(21-15)17(19-4-2)14-9-12-20-18(13-14)10-5-6-11-18/h7-8,14,17,19H,3-6,9-13H2,1-2H3. The molecule has 0 radical (unpaired) electrons. The summed E-state index contributed by atoms with van der Waals surface area (Å²) in [6.45, 7) is 6.22. The predicted octanol–water partition coefficient (Wildman–Crippen LogP) is 4.23. The van der Waals surface area contributed by atoms with E-state index in [1.54, 1.807) is 0 Å². The van der Waals surface area contributed by atoms with E-state index in [1.807, 2.05) is 0 Å². The fourth-order valence-corrected chi connectivity index (χ4v) is 4.19. The fourth-order valence-electron chi connectivity index (χ4n) is 4.19. The third-order valence-corrected chi connectivity index (χ3v) is 5.28. The first-order valence-electron chi connectivity index (χ1n) is 8.72. The monoisotopic (exact) mass is 291 g/mol. The quantitative estimate of drug-likeness (QED) is 0.881. The summed E-state index contributed by atoms with van der Waals surface area (Å²) in [5, 5.41) is 3.66. The molecule has 3 nitrogen and oxygen atoms in total. The molecule has 21 heavy (non-hydrogen) atoms. The van der Waals surface area contributed by atoms with Crippen LogP contribution in [0.4, 0.5) is 0 Å². The van der Waals surface area contributed by atoms with Crippen LogP contribution in [0.25, 0.3) is 0 Å². The Kier molecular flexibility index (Phi) is 4.70. The highest BCUT2D eigenvalue weighted by molar-refractivity contribution is 5.13. The molecular weight excluding hydrogens is 262 g/mol. The van der Waals surface area contributed by atoms with Crippen LogP contribution in [0.2, 0.25) is 0 Å². The van der Waals surface area contributed by atoms with Crippen LogP contribution in [-0.2, 0) is 11.2 Å². The molecule has 1 aliphatic heterocycles. The largest absolute Gasteiger partial charge is 0.464 e. The molecule has 1 aromatic rings. The normalized spacial score (nSPS) is 26.3. The number of rotatable bonds is 5. The summed E-state index contributed by atoms with van der Waals surface area (Å²) >= 11 is 0. The van der Waals surface area contributed by atoms with Crippen molar-refractivity contribution in [2.24, 2.45) is 5.92 Å². The number of furan rings is 1. The van der Waals surface area contributed by atoms with Crippen molar-refractivity contribution in [3.05, 3.63) is 23.7 Å². The molecule has 118 valence electrons. The lowest BCUT2D eigenvalue weighted by molar-refractivity contribution is -0.0990. The Morgan fingerprint density at radius 1 is 1.29 bits per heavy atom. The van der Waals surface area contributed by atoms with E-state index in [9.17, 15) is 0 Å². The molecule has 3 rings (SSSR count). The first kappa shape index (κ1) is 15.1. The maximum atomic E-state index is 6.19. The van der Waals surface area contributed by atoms with Crippen molar-refractivity contribution in [1.29, 1.82) is 0 Å². The van der Waals surface area contributed by atoms with Gasteiger partial charge in [-0.05, 0) is 50.3 Å². The number of ether oxygens (including phenoxy) is 1. The Morgan fingerprint density at radius 2 is 2.10 bits per heavy atom.